The minimum atomic E-state index is 0.650. The minimum Gasteiger partial charge on any atom is -0.489 e. The number of hydrogen-bond donors (Lipinski definition) is 0. The molecule has 1 atom stereocenters. The van der Waals surface area contributed by atoms with Crippen LogP contribution in [0.15, 0.2) is 72.3 Å². The van der Waals surface area contributed by atoms with Gasteiger partial charge in [0.25, 0.3) is 0 Å². The van der Waals surface area contributed by atoms with Gasteiger partial charge >= 0.3 is 0 Å². The highest BCUT2D eigenvalue weighted by molar-refractivity contribution is 5.49. The van der Waals surface area contributed by atoms with E-state index in [1.165, 1.54) is 23.1 Å². The number of hydrogen-bond acceptors (Lipinski definition) is 1. The molecule has 0 radical (unpaired) electrons. The molecule has 2 aromatic carbocycles. The Bertz CT molecular complexity index is 697. The van der Waals surface area contributed by atoms with Crippen LogP contribution in [0, 0.1) is 5.92 Å². The first kappa shape index (κ1) is 16.6. The third-order valence-electron chi connectivity index (χ3n) is 4.64. The van der Waals surface area contributed by atoms with Crippen LogP contribution in [-0.4, -0.2) is 6.61 Å². The Morgan fingerprint density at radius 2 is 1.96 bits per heavy atom. The molecule has 2 aromatic rings. The summed E-state index contributed by atoms with van der Waals surface area (Å²) < 4.78 is 5.97. The van der Waals surface area contributed by atoms with Crippen LogP contribution >= 0.6 is 0 Å². The second-order valence-corrected chi connectivity index (χ2v) is 6.46. The first-order valence-electron chi connectivity index (χ1n) is 8.96. The molecule has 1 aliphatic carbocycles. The van der Waals surface area contributed by atoms with E-state index in [4.69, 9.17) is 4.74 Å². The molecule has 1 heteroatoms. The fourth-order valence-corrected chi connectivity index (χ4v) is 3.06. The first-order valence-corrected chi connectivity index (χ1v) is 8.96. The van der Waals surface area contributed by atoms with Crippen LogP contribution in [0.4, 0.5) is 0 Å². The monoisotopic (exact) mass is 318 g/mol. The number of aryl methyl sites for hydroxylation is 1. The fourth-order valence-electron chi connectivity index (χ4n) is 3.06. The van der Waals surface area contributed by atoms with E-state index in [-0.39, 0.29) is 0 Å². The van der Waals surface area contributed by atoms with Crippen molar-refractivity contribution < 1.29 is 4.74 Å². The van der Waals surface area contributed by atoms with Gasteiger partial charge in [-0.3, -0.25) is 0 Å². The highest BCUT2D eigenvalue weighted by Gasteiger charge is 2.12. The molecule has 0 saturated heterocycles. The van der Waals surface area contributed by atoms with Gasteiger partial charge in [-0.2, -0.15) is 0 Å². The summed E-state index contributed by atoms with van der Waals surface area (Å²) in [5.74, 6) is 1.64. The third kappa shape index (κ3) is 4.86. The van der Waals surface area contributed by atoms with E-state index in [0.717, 1.165) is 31.6 Å². The molecule has 3 rings (SSSR count). The van der Waals surface area contributed by atoms with E-state index in [1.807, 2.05) is 6.07 Å². The summed E-state index contributed by atoms with van der Waals surface area (Å²) in [4.78, 5) is 0. The van der Waals surface area contributed by atoms with Gasteiger partial charge in [0.1, 0.15) is 12.4 Å². The standard InChI is InChI=1S/C23H26O/c1-2-19-9-6-10-23(17-19)24-18-22-15-13-21(14-16-22)12-11-20-7-4-3-5-8-20/h3-12,15,17,21H,2,13-14,16,18H2,1H3/b12-11+. The van der Waals surface area contributed by atoms with Crippen LogP contribution in [-0.2, 0) is 6.42 Å². The Hall–Kier alpha value is -2.28. The zero-order valence-corrected chi connectivity index (χ0v) is 14.4. The lowest BCUT2D eigenvalue weighted by molar-refractivity contribution is 0.340. The van der Waals surface area contributed by atoms with Crippen LogP contribution < -0.4 is 4.74 Å². The molecule has 0 N–H and O–H groups in total. The highest BCUT2D eigenvalue weighted by atomic mass is 16.5. The van der Waals surface area contributed by atoms with E-state index in [2.05, 4.69) is 73.7 Å². The molecule has 0 aliphatic heterocycles. The van der Waals surface area contributed by atoms with Gasteiger partial charge in [-0.15, -0.1) is 0 Å². The molecule has 124 valence electrons. The number of benzene rings is 2. The maximum Gasteiger partial charge on any atom is 0.120 e. The average molecular weight is 318 g/mol. The van der Waals surface area contributed by atoms with Crippen molar-refractivity contribution in [3.8, 4) is 5.75 Å². The summed E-state index contributed by atoms with van der Waals surface area (Å²) in [6, 6.07) is 19.0. The predicted molar refractivity (Wildman–Crippen MR) is 102 cm³/mol. The zero-order chi connectivity index (χ0) is 16.6. The van der Waals surface area contributed by atoms with E-state index < -0.39 is 0 Å². The Morgan fingerprint density at radius 1 is 1.08 bits per heavy atom. The van der Waals surface area contributed by atoms with Crippen molar-refractivity contribution in [1.29, 1.82) is 0 Å². The molecular weight excluding hydrogens is 292 g/mol. The van der Waals surface area contributed by atoms with Crippen LogP contribution in [0.2, 0.25) is 0 Å². The second-order valence-electron chi connectivity index (χ2n) is 6.46. The lowest BCUT2D eigenvalue weighted by Crippen LogP contribution is -2.09. The van der Waals surface area contributed by atoms with Crippen molar-refractivity contribution in [2.45, 2.75) is 32.6 Å². The summed E-state index contributed by atoms with van der Waals surface area (Å²) in [5, 5.41) is 0. The van der Waals surface area contributed by atoms with Crippen molar-refractivity contribution in [2.24, 2.45) is 5.92 Å². The lowest BCUT2D eigenvalue weighted by atomic mass is 9.89. The highest BCUT2D eigenvalue weighted by Crippen LogP contribution is 2.26. The van der Waals surface area contributed by atoms with Gasteiger partial charge in [-0.25, -0.2) is 0 Å². The smallest absolute Gasteiger partial charge is 0.120 e. The van der Waals surface area contributed by atoms with E-state index in [9.17, 15) is 0 Å². The van der Waals surface area contributed by atoms with Gasteiger partial charge < -0.3 is 4.74 Å². The molecule has 24 heavy (non-hydrogen) atoms. The number of rotatable bonds is 6. The van der Waals surface area contributed by atoms with Crippen LogP contribution in [0.3, 0.4) is 0 Å². The molecule has 0 heterocycles. The average Bonchev–Trinajstić information content (AvgIpc) is 2.66. The van der Waals surface area contributed by atoms with Gasteiger partial charge in [0.2, 0.25) is 0 Å². The topological polar surface area (TPSA) is 9.23 Å². The molecule has 0 aromatic heterocycles. The third-order valence-corrected chi connectivity index (χ3v) is 4.64. The molecule has 0 spiro atoms. The Morgan fingerprint density at radius 3 is 2.71 bits per heavy atom. The largest absolute Gasteiger partial charge is 0.489 e. The zero-order valence-electron chi connectivity index (χ0n) is 14.4. The summed E-state index contributed by atoms with van der Waals surface area (Å²) in [6.45, 7) is 2.90. The quantitative estimate of drug-likeness (QED) is 0.588. The molecule has 1 nitrogen and oxygen atoms in total. The normalized spacial score (nSPS) is 17.7. The van der Waals surface area contributed by atoms with E-state index in [0.29, 0.717) is 5.92 Å². The summed E-state index contributed by atoms with van der Waals surface area (Å²) >= 11 is 0. The van der Waals surface area contributed by atoms with Crippen molar-refractivity contribution in [1.82, 2.24) is 0 Å². The van der Waals surface area contributed by atoms with Crippen molar-refractivity contribution >= 4 is 6.08 Å². The summed E-state index contributed by atoms with van der Waals surface area (Å²) in [5.41, 5.74) is 4.05. The minimum absolute atomic E-state index is 0.650. The molecule has 0 amide bonds. The predicted octanol–water partition coefficient (Wildman–Crippen LogP) is 6.07. The summed E-state index contributed by atoms with van der Waals surface area (Å²) in [7, 11) is 0. The van der Waals surface area contributed by atoms with Gasteiger partial charge in [0.15, 0.2) is 0 Å². The van der Waals surface area contributed by atoms with Crippen molar-refractivity contribution in [3.05, 3.63) is 83.4 Å². The van der Waals surface area contributed by atoms with Crippen molar-refractivity contribution in [3.63, 3.8) is 0 Å². The fraction of sp³-hybridized carbons (Fsp3) is 0.304. The maximum absolute atomic E-state index is 5.97. The molecule has 1 aliphatic rings. The first-order chi connectivity index (χ1) is 11.8. The van der Waals surface area contributed by atoms with Gasteiger partial charge in [0, 0.05) is 0 Å². The Balaban J connectivity index is 1.49. The van der Waals surface area contributed by atoms with Crippen molar-refractivity contribution in [2.75, 3.05) is 6.61 Å². The molecule has 0 fully saturated rings. The van der Waals surface area contributed by atoms with E-state index in [1.54, 1.807) is 0 Å². The molecule has 0 saturated carbocycles. The summed E-state index contributed by atoms with van der Waals surface area (Å²) in [6.07, 6.45) is 11.5. The number of allylic oxidation sites excluding steroid dienone is 2. The van der Waals surface area contributed by atoms with Crippen LogP contribution in [0.5, 0.6) is 5.75 Å². The SMILES string of the molecule is CCc1cccc(OCC2=CCC(/C=C/c3ccccc3)CC2)c1. The molecular formula is C23H26O. The van der Waals surface area contributed by atoms with Crippen LogP contribution in [0.25, 0.3) is 6.08 Å². The lowest BCUT2D eigenvalue weighted by Gasteiger charge is -2.19. The van der Waals surface area contributed by atoms with Gasteiger partial charge in [-0.1, -0.05) is 67.6 Å². The van der Waals surface area contributed by atoms with E-state index >= 15 is 0 Å². The maximum atomic E-state index is 5.97. The number of ether oxygens (including phenoxy) is 1. The Kier molecular flexibility index (Phi) is 5.90. The second kappa shape index (κ2) is 8.54. The molecule has 0 bridgehead atoms. The van der Waals surface area contributed by atoms with Crippen LogP contribution in [0.1, 0.15) is 37.3 Å². The van der Waals surface area contributed by atoms with Gasteiger partial charge in [0.05, 0.1) is 0 Å². The molecule has 1 unspecified atom stereocenters. The van der Waals surface area contributed by atoms with Gasteiger partial charge in [-0.05, 0) is 60.4 Å². The Labute approximate surface area is 145 Å².